The minimum atomic E-state index is 0.243. The molecule has 0 aliphatic carbocycles. The lowest BCUT2D eigenvalue weighted by Gasteiger charge is -2.36. The number of hydrogen-bond acceptors (Lipinski definition) is 4. The van der Waals surface area contributed by atoms with Crippen LogP contribution in [-0.4, -0.2) is 28.2 Å². The molecule has 1 aromatic rings. The maximum Gasteiger partial charge on any atom is 0.208 e. The van der Waals surface area contributed by atoms with Crippen molar-refractivity contribution in [2.45, 2.75) is 38.1 Å². The summed E-state index contributed by atoms with van der Waals surface area (Å²) in [5.74, 6) is 0. The van der Waals surface area contributed by atoms with E-state index < -0.39 is 0 Å². The lowest BCUT2D eigenvalue weighted by molar-refractivity contribution is 0.490. The largest absolute Gasteiger partial charge is 0.342 e. The molecule has 1 aromatic heterocycles. The fourth-order valence-electron chi connectivity index (χ4n) is 1.77. The van der Waals surface area contributed by atoms with E-state index in [0.717, 1.165) is 29.5 Å². The molecule has 14 heavy (non-hydrogen) atoms. The van der Waals surface area contributed by atoms with Crippen LogP contribution >= 0.6 is 22.9 Å². The molecule has 5 heteroatoms. The molecule has 1 aliphatic heterocycles. The van der Waals surface area contributed by atoms with Gasteiger partial charge in [-0.05, 0) is 26.7 Å². The Morgan fingerprint density at radius 1 is 1.50 bits per heavy atom. The molecular weight excluding hydrogens is 218 g/mol. The lowest BCUT2D eigenvalue weighted by Crippen LogP contribution is -2.44. The zero-order valence-corrected chi connectivity index (χ0v) is 9.98. The number of anilines is 1. The molecule has 2 rings (SSSR count). The molecule has 0 amide bonds. The monoisotopic (exact) mass is 231 g/mol. The average Bonchev–Trinajstić information content (AvgIpc) is 2.57. The van der Waals surface area contributed by atoms with Crippen molar-refractivity contribution in [3.63, 3.8) is 0 Å². The average molecular weight is 232 g/mol. The zero-order valence-electron chi connectivity index (χ0n) is 8.40. The van der Waals surface area contributed by atoms with Crippen LogP contribution < -0.4 is 4.90 Å². The van der Waals surface area contributed by atoms with Crippen LogP contribution in [0, 0.1) is 6.92 Å². The summed E-state index contributed by atoms with van der Waals surface area (Å²) in [6, 6.07) is 0.373. The third-order valence-corrected chi connectivity index (χ3v) is 4.11. The van der Waals surface area contributed by atoms with E-state index in [1.54, 1.807) is 11.3 Å². The second kappa shape index (κ2) is 4.03. The van der Waals surface area contributed by atoms with Gasteiger partial charge in [-0.1, -0.05) is 11.3 Å². The standard InChI is InChI=1S/C9H14ClN3S/c1-6-8(10)4-3-5-13(6)9-12-11-7(2)14-9/h6,8H,3-5H2,1-2H3. The Morgan fingerprint density at radius 2 is 2.29 bits per heavy atom. The first-order valence-corrected chi connectivity index (χ1v) is 6.14. The summed E-state index contributed by atoms with van der Waals surface area (Å²) < 4.78 is 0. The van der Waals surface area contributed by atoms with Crippen molar-refractivity contribution >= 4 is 28.1 Å². The van der Waals surface area contributed by atoms with Crippen LogP contribution in [0.4, 0.5) is 5.13 Å². The summed E-state index contributed by atoms with van der Waals surface area (Å²) in [6.45, 7) is 5.19. The number of piperidine rings is 1. The molecule has 2 atom stereocenters. The fraction of sp³-hybridized carbons (Fsp3) is 0.778. The SMILES string of the molecule is Cc1nnc(N2CCCC(Cl)C2C)s1. The van der Waals surface area contributed by atoms with Crippen LogP contribution in [0.25, 0.3) is 0 Å². The predicted molar refractivity (Wildman–Crippen MR) is 60.3 cm³/mol. The molecule has 3 nitrogen and oxygen atoms in total. The van der Waals surface area contributed by atoms with Crippen molar-refractivity contribution in [3.8, 4) is 0 Å². The number of alkyl halides is 1. The molecule has 0 radical (unpaired) electrons. The van der Waals surface area contributed by atoms with Gasteiger partial charge in [0, 0.05) is 12.6 Å². The van der Waals surface area contributed by atoms with E-state index in [1.165, 1.54) is 0 Å². The molecule has 0 saturated carbocycles. The van der Waals surface area contributed by atoms with Crippen molar-refractivity contribution in [3.05, 3.63) is 5.01 Å². The van der Waals surface area contributed by atoms with Gasteiger partial charge in [-0.15, -0.1) is 21.8 Å². The minimum Gasteiger partial charge on any atom is -0.342 e. The molecule has 0 bridgehead atoms. The first-order chi connectivity index (χ1) is 6.68. The molecule has 1 saturated heterocycles. The minimum absolute atomic E-state index is 0.243. The summed E-state index contributed by atoms with van der Waals surface area (Å²) in [5, 5.41) is 10.5. The van der Waals surface area contributed by atoms with E-state index in [9.17, 15) is 0 Å². The Balaban J connectivity index is 2.17. The van der Waals surface area contributed by atoms with E-state index in [2.05, 4.69) is 22.0 Å². The van der Waals surface area contributed by atoms with E-state index in [-0.39, 0.29) is 5.38 Å². The second-order valence-electron chi connectivity index (χ2n) is 3.70. The van der Waals surface area contributed by atoms with E-state index in [4.69, 9.17) is 11.6 Å². The van der Waals surface area contributed by atoms with Crippen molar-refractivity contribution in [1.29, 1.82) is 0 Å². The summed E-state index contributed by atoms with van der Waals surface area (Å²) in [7, 11) is 0. The van der Waals surface area contributed by atoms with Gasteiger partial charge in [-0.2, -0.15) is 0 Å². The van der Waals surface area contributed by atoms with Crippen molar-refractivity contribution in [2.75, 3.05) is 11.4 Å². The molecule has 0 N–H and O–H groups in total. The van der Waals surface area contributed by atoms with Gasteiger partial charge < -0.3 is 4.90 Å². The highest BCUT2D eigenvalue weighted by molar-refractivity contribution is 7.15. The Labute approximate surface area is 93.1 Å². The number of rotatable bonds is 1. The van der Waals surface area contributed by atoms with Gasteiger partial charge in [0.05, 0.1) is 5.38 Å². The normalized spacial score (nSPS) is 28.1. The van der Waals surface area contributed by atoms with E-state index >= 15 is 0 Å². The van der Waals surface area contributed by atoms with Crippen LogP contribution in [0.3, 0.4) is 0 Å². The van der Waals surface area contributed by atoms with Gasteiger partial charge in [-0.25, -0.2) is 0 Å². The van der Waals surface area contributed by atoms with Gasteiger partial charge >= 0.3 is 0 Å². The Bertz CT molecular complexity index is 315. The van der Waals surface area contributed by atoms with Crippen molar-refractivity contribution in [1.82, 2.24) is 10.2 Å². The highest BCUT2D eigenvalue weighted by Crippen LogP contribution is 2.29. The molecular formula is C9H14ClN3S. The number of nitrogens with zero attached hydrogens (tertiary/aromatic N) is 3. The summed E-state index contributed by atoms with van der Waals surface area (Å²) >= 11 is 7.88. The van der Waals surface area contributed by atoms with E-state index in [0.29, 0.717) is 6.04 Å². The van der Waals surface area contributed by atoms with Crippen molar-refractivity contribution < 1.29 is 0 Å². The van der Waals surface area contributed by atoms with E-state index in [1.807, 2.05) is 6.92 Å². The van der Waals surface area contributed by atoms with Crippen LogP contribution in [0.5, 0.6) is 0 Å². The van der Waals surface area contributed by atoms with Gasteiger partial charge in [0.2, 0.25) is 5.13 Å². The third kappa shape index (κ3) is 1.86. The first-order valence-electron chi connectivity index (χ1n) is 4.89. The molecule has 78 valence electrons. The number of hydrogen-bond donors (Lipinski definition) is 0. The van der Waals surface area contributed by atoms with Crippen LogP contribution in [0.1, 0.15) is 24.8 Å². The van der Waals surface area contributed by atoms with Gasteiger partial charge in [0.15, 0.2) is 0 Å². The highest BCUT2D eigenvalue weighted by Gasteiger charge is 2.28. The Morgan fingerprint density at radius 3 is 2.93 bits per heavy atom. The molecule has 2 unspecified atom stereocenters. The second-order valence-corrected chi connectivity index (χ2v) is 5.42. The molecule has 1 aliphatic rings. The quantitative estimate of drug-likeness (QED) is 0.696. The predicted octanol–water partition coefficient (Wildman–Crippen LogP) is 2.44. The summed E-state index contributed by atoms with van der Waals surface area (Å²) in [5.41, 5.74) is 0. The maximum absolute atomic E-state index is 6.23. The number of aryl methyl sites for hydroxylation is 1. The topological polar surface area (TPSA) is 29.0 Å². The van der Waals surface area contributed by atoms with Crippen LogP contribution in [0.15, 0.2) is 0 Å². The van der Waals surface area contributed by atoms with Crippen LogP contribution in [-0.2, 0) is 0 Å². The fourth-order valence-corrected chi connectivity index (χ4v) is 2.86. The number of halogens is 1. The molecule has 1 fully saturated rings. The third-order valence-electron chi connectivity index (χ3n) is 2.66. The first kappa shape index (κ1) is 10.2. The summed E-state index contributed by atoms with van der Waals surface area (Å²) in [4.78, 5) is 2.27. The number of aromatic nitrogens is 2. The summed E-state index contributed by atoms with van der Waals surface area (Å²) in [6.07, 6.45) is 2.26. The lowest BCUT2D eigenvalue weighted by atomic mass is 10.0. The van der Waals surface area contributed by atoms with Gasteiger partial charge in [0.1, 0.15) is 5.01 Å². The smallest absolute Gasteiger partial charge is 0.208 e. The highest BCUT2D eigenvalue weighted by atomic mass is 35.5. The van der Waals surface area contributed by atoms with Crippen molar-refractivity contribution in [2.24, 2.45) is 0 Å². The Kier molecular flexibility index (Phi) is 2.93. The van der Waals surface area contributed by atoms with Gasteiger partial charge in [0.25, 0.3) is 0 Å². The van der Waals surface area contributed by atoms with Gasteiger partial charge in [-0.3, -0.25) is 0 Å². The zero-order chi connectivity index (χ0) is 10.1. The molecule has 0 spiro atoms. The van der Waals surface area contributed by atoms with Crippen LogP contribution in [0.2, 0.25) is 0 Å². The molecule has 0 aromatic carbocycles. The maximum atomic E-state index is 6.23. The Hall–Kier alpha value is -0.350. The molecule has 2 heterocycles.